The van der Waals surface area contributed by atoms with Crippen molar-refractivity contribution in [2.45, 2.75) is 13.8 Å². The minimum Gasteiger partial charge on any atom is -0.507 e. The van der Waals surface area contributed by atoms with Crippen molar-refractivity contribution in [1.82, 2.24) is 0 Å². The molecule has 80 valence electrons. The molecule has 0 spiro atoms. The van der Waals surface area contributed by atoms with Crippen LogP contribution in [0, 0.1) is 0 Å². The molecule has 0 heterocycles. The molecule has 0 aliphatic heterocycles. The Bertz CT molecular complexity index is 396. The standard InChI is InChI=1S/C11H12O4/c1-3-15-11(14)9-5-4-8(7(2)12)6-10(9)13/h4-6,13H,3H2,1-2H3. The van der Waals surface area contributed by atoms with Gasteiger partial charge in [0.05, 0.1) is 6.61 Å². The van der Waals surface area contributed by atoms with Crippen LogP contribution < -0.4 is 0 Å². The van der Waals surface area contributed by atoms with Crippen molar-refractivity contribution in [2.75, 3.05) is 6.61 Å². The summed E-state index contributed by atoms with van der Waals surface area (Å²) in [5.41, 5.74) is 0.433. The summed E-state index contributed by atoms with van der Waals surface area (Å²) in [4.78, 5) is 22.3. The highest BCUT2D eigenvalue weighted by Gasteiger charge is 2.13. The quantitative estimate of drug-likeness (QED) is 0.607. The van der Waals surface area contributed by atoms with E-state index in [2.05, 4.69) is 0 Å². The highest BCUT2D eigenvalue weighted by Crippen LogP contribution is 2.20. The van der Waals surface area contributed by atoms with Crippen LogP contribution in [0.1, 0.15) is 34.6 Å². The van der Waals surface area contributed by atoms with E-state index in [0.717, 1.165) is 0 Å². The first kappa shape index (κ1) is 11.2. The molecule has 0 radical (unpaired) electrons. The van der Waals surface area contributed by atoms with Gasteiger partial charge in [0.25, 0.3) is 0 Å². The summed E-state index contributed by atoms with van der Waals surface area (Å²) < 4.78 is 4.73. The van der Waals surface area contributed by atoms with Gasteiger partial charge >= 0.3 is 5.97 Å². The van der Waals surface area contributed by atoms with Crippen molar-refractivity contribution in [3.8, 4) is 5.75 Å². The Hall–Kier alpha value is -1.84. The number of rotatable bonds is 3. The monoisotopic (exact) mass is 208 g/mol. The lowest BCUT2D eigenvalue weighted by molar-refractivity contribution is 0.0522. The molecular weight excluding hydrogens is 196 g/mol. The predicted octanol–water partition coefficient (Wildman–Crippen LogP) is 1.77. The number of aromatic hydroxyl groups is 1. The third-order valence-corrected chi connectivity index (χ3v) is 1.90. The zero-order valence-corrected chi connectivity index (χ0v) is 8.61. The van der Waals surface area contributed by atoms with E-state index >= 15 is 0 Å². The van der Waals surface area contributed by atoms with Crippen LogP contribution in [0.3, 0.4) is 0 Å². The van der Waals surface area contributed by atoms with Crippen molar-refractivity contribution in [1.29, 1.82) is 0 Å². The molecule has 1 N–H and O–H groups in total. The first-order valence-electron chi connectivity index (χ1n) is 4.57. The van der Waals surface area contributed by atoms with Crippen molar-refractivity contribution in [3.05, 3.63) is 29.3 Å². The van der Waals surface area contributed by atoms with Gasteiger partial charge in [-0.3, -0.25) is 4.79 Å². The van der Waals surface area contributed by atoms with Gasteiger partial charge in [-0.25, -0.2) is 4.79 Å². The number of phenols is 1. The number of phenolic OH excluding ortho intramolecular Hbond substituents is 1. The van der Waals surface area contributed by atoms with Crippen molar-refractivity contribution < 1.29 is 19.4 Å². The molecule has 0 unspecified atom stereocenters. The summed E-state index contributed by atoms with van der Waals surface area (Å²) in [5, 5.41) is 9.48. The third kappa shape index (κ3) is 2.56. The summed E-state index contributed by atoms with van der Waals surface area (Å²) in [7, 11) is 0. The van der Waals surface area contributed by atoms with Crippen molar-refractivity contribution >= 4 is 11.8 Å². The van der Waals surface area contributed by atoms with Crippen LogP contribution in [0.4, 0.5) is 0 Å². The maximum absolute atomic E-state index is 11.3. The van der Waals surface area contributed by atoms with Crippen LogP contribution in [0.2, 0.25) is 0 Å². The first-order chi connectivity index (χ1) is 7.06. The van der Waals surface area contributed by atoms with Gasteiger partial charge < -0.3 is 9.84 Å². The smallest absolute Gasteiger partial charge is 0.341 e. The van der Waals surface area contributed by atoms with E-state index in [0.29, 0.717) is 5.56 Å². The van der Waals surface area contributed by atoms with E-state index in [1.807, 2.05) is 0 Å². The number of carbonyl (C=O) groups excluding carboxylic acids is 2. The number of ketones is 1. The lowest BCUT2D eigenvalue weighted by Crippen LogP contribution is -2.05. The minimum absolute atomic E-state index is 0.0712. The summed E-state index contributed by atoms with van der Waals surface area (Å²) in [6.45, 7) is 3.31. The molecule has 0 aromatic heterocycles. The molecule has 1 rings (SSSR count). The topological polar surface area (TPSA) is 63.6 Å². The number of hydrogen-bond acceptors (Lipinski definition) is 4. The van der Waals surface area contributed by atoms with E-state index < -0.39 is 5.97 Å². The number of carbonyl (C=O) groups is 2. The second-order valence-electron chi connectivity index (χ2n) is 3.01. The normalized spacial score (nSPS) is 9.73. The molecule has 0 amide bonds. The molecule has 0 atom stereocenters. The highest BCUT2D eigenvalue weighted by atomic mass is 16.5. The largest absolute Gasteiger partial charge is 0.507 e. The fourth-order valence-electron chi connectivity index (χ4n) is 1.13. The fourth-order valence-corrected chi connectivity index (χ4v) is 1.13. The molecule has 0 aliphatic rings. The average molecular weight is 208 g/mol. The van der Waals surface area contributed by atoms with Crippen LogP contribution in [0.25, 0.3) is 0 Å². The maximum Gasteiger partial charge on any atom is 0.341 e. The van der Waals surface area contributed by atoms with Crippen molar-refractivity contribution in [3.63, 3.8) is 0 Å². The van der Waals surface area contributed by atoms with E-state index in [1.54, 1.807) is 6.92 Å². The lowest BCUT2D eigenvalue weighted by Gasteiger charge is -2.05. The molecule has 15 heavy (non-hydrogen) atoms. The molecule has 1 aromatic rings. The summed E-state index contributed by atoms with van der Waals surface area (Å²) in [6.07, 6.45) is 0. The molecule has 0 saturated carbocycles. The van der Waals surface area contributed by atoms with Crippen LogP contribution in [0.15, 0.2) is 18.2 Å². The van der Waals surface area contributed by atoms with Gasteiger partial charge in [0, 0.05) is 5.56 Å². The van der Waals surface area contributed by atoms with E-state index in [4.69, 9.17) is 4.74 Å². The van der Waals surface area contributed by atoms with Crippen LogP contribution in [-0.4, -0.2) is 23.5 Å². The van der Waals surface area contributed by atoms with Gasteiger partial charge in [0.2, 0.25) is 0 Å². The van der Waals surface area contributed by atoms with Crippen LogP contribution in [0.5, 0.6) is 5.75 Å². The third-order valence-electron chi connectivity index (χ3n) is 1.90. The molecule has 1 aromatic carbocycles. The Morgan fingerprint density at radius 1 is 1.40 bits per heavy atom. The summed E-state index contributed by atoms with van der Waals surface area (Å²) >= 11 is 0. The molecule has 0 bridgehead atoms. The highest BCUT2D eigenvalue weighted by molar-refractivity contribution is 5.97. The molecule has 4 heteroatoms. The van der Waals surface area contributed by atoms with Crippen LogP contribution in [-0.2, 0) is 4.74 Å². The van der Waals surface area contributed by atoms with Gasteiger partial charge in [-0.15, -0.1) is 0 Å². The zero-order chi connectivity index (χ0) is 11.4. The molecule has 0 saturated heterocycles. The zero-order valence-electron chi connectivity index (χ0n) is 8.61. The van der Waals surface area contributed by atoms with Gasteiger partial charge in [0.15, 0.2) is 5.78 Å². The van der Waals surface area contributed by atoms with Gasteiger partial charge in [-0.2, -0.15) is 0 Å². The Morgan fingerprint density at radius 3 is 2.53 bits per heavy atom. The Balaban J connectivity index is 3.03. The maximum atomic E-state index is 11.3. The molecule has 0 fully saturated rings. The SMILES string of the molecule is CCOC(=O)c1ccc(C(C)=O)cc1O. The number of Topliss-reactive ketones (excluding diaryl/α,β-unsaturated/α-hetero) is 1. The van der Waals surface area contributed by atoms with Crippen molar-refractivity contribution in [2.24, 2.45) is 0 Å². The number of esters is 1. The fraction of sp³-hybridized carbons (Fsp3) is 0.273. The van der Waals surface area contributed by atoms with Gasteiger partial charge in [0.1, 0.15) is 11.3 Å². The number of hydrogen-bond donors (Lipinski definition) is 1. The molecule has 0 aliphatic carbocycles. The lowest BCUT2D eigenvalue weighted by atomic mass is 10.1. The Morgan fingerprint density at radius 2 is 2.07 bits per heavy atom. The van der Waals surface area contributed by atoms with Gasteiger partial charge in [-0.1, -0.05) is 6.07 Å². The van der Waals surface area contributed by atoms with E-state index in [9.17, 15) is 14.7 Å². The van der Waals surface area contributed by atoms with E-state index in [1.165, 1.54) is 25.1 Å². The second kappa shape index (κ2) is 4.59. The molecular formula is C11H12O4. The minimum atomic E-state index is -0.592. The predicted molar refractivity (Wildman–Crippen MR) is 54.1 cm³/mol. The van der Waals surface area contributed by atoms with E-state index in [-0.39, 0.29) is 23.7 Å². The summed E-state index contributed by atoms with van der Waals surface area (Å²) in [5.74, 6) is -0.994. The number of benzene rings is 1. The average Bonchev–Trinajstić information content (AvgIpc) is 2.17. The first-order valence-corrected chi connectivity index (χ1v) is 4.57. The Labute approximate surface area is 87.5 Å². The molecule has 4 nitrogen and oxygen atoms in total. The second-order valence-corrected chi connectivity index (χ2v) is 3.01. The Kier molecular flexibility index (Phi) is 3.44. The summed E-state index contributed by atoms with van der Waals surface area (Å²) in [6, 6.07) is 4.12. The van der Waals surface area contributed by atoms with Gasteiger partial charge in [-0.05, 0) is 26.0 Å². The van der Waals surface area contributed by atoms with Crippen LogP contribution >= 0.6 is 0 Å². The number of ether oxygens (including phenoxy) is 1.